The number of rotatable bonds is 4. The topological polar surface area (TPSA) is 114 Å². The van der Waals surface area contributed by atoms with Crippen LogP contribution in [0.4, 0.5) is 20.6 Å². The van der Waals surface area contributed by atoms with Crippen molar-refractivity contribution in [2.75, 3.05) is 29.8 Å². The van der Waals surface area contributed by atoms with Crippen molar-refractivity contribution in [2.45, 2.75) is 37.2 Å². The second kappa shape index (κ2) is 11.2. The van der Waals surface area contributed by atoms with Crippen molar-refractivity contribution in [3.05, 3.63) is 48.3 Å². The third-order valence-corrected chi connectivity index (χ3v) is 6.90. The van der Waals surface area contributed by atoms with Gasteiger partial charge in [-0.05, 0) is 62.2 Å². The van der Waals surface area contributed by atoms with Gasteiger partial charge >= 0.3 is 6.09 Å². The van der Waals surface area contributed by atoms with Crippen LogP contribution >= 0.6 is 24.0 Å². The van der Waals surface area contributed by atoms with Crippen molar-refractivity contribution in [3.63, 3.8) is 0 Å². The van der Waals surface area contributed by atoms with Gasteiger partial charge in [0, 0.05) is 22.5 Å². The lowest BCUT2D eigenvalue weighted by molar-refractivity contribution is -0.118. The molecule has 0 atom stereocenters. The number of benzene rings is 2. The number of ether oxygens (including phenoxy) is 2. The van der Waals surface area contributed by atoms with E-state index in [1.165, 1.54) is 29.4 Å². The fourth-order valence-electron chi connectivity index (χ4n) is 2.90. The molecule has 1 saturated carbocycles. The molecular weight excluding hydrogens is 580 g/mol. The number of carbonyl (C=O) groups excluding carboxylic acids is 2. The molecule has 2 N–H and O–H groups in total. The standard InChI is InChI=1S/C19H19FN2O5S.C3H7NO.HI.2H2/c1-19(8-9-19)27-18(23)21-14-4-7-17-16(12-14)22(10-11-26-17)28(24,25)15-5-2-13(20)3-6-15;1-3(5)4-2;;;/h2-7,12H,8-11H2,1H3,(H,21,23);1-2H3,(H,4,5);3*1H. The molecule has 0 aromatic heterocycles. The molecule has 1 aliphatic carbocycles. The number of hydrogen-bond donors (Lipinski definition) is 2. The van der Waals surface area contributed by atoms with Gasteiger partial charge in [0.05, 0.1) is 17.1 Å². The van der Waals surface area contributed by atoms with Crippen LogP contribution in [0.2, 0.25) is 0 Å². The van der Waals surface area contributed by atoms with E-state index in [9.17, 15) is 22.4 Å². The number of sulfonamides is 1. The molecule has 2 aromatic rings. The zero-order chi connectivity index (χ0) is 24.2. The lowest BCUT2D eigenvalue weighted by Crippen LogP contribution is -2.38. The van der Waals surface area contributed by atoms with Gasteiger partial charge in [0.25, 0.3) is 10.0 Å². The summed E-state index contributed by atoms with van der Waals surface area (Å²) in [7, 11) is -2.31. The molecule has 2 amide bonds. The highest BCUT2D eigenvalue weighted by molar-refractivity contribution is 14.0. The summed E-state index contributed by atoms with van der Waals surface area (Å²) in [6, 6.07) is 9.36. The first kappa shape index (κ1) is 27.6. The second-order valence-electron chi connectivity index (χ2n) is 7.83. The minimum absolute atomic E-state index is 0. The van der Waals surface area contributed by atoms with Gasteiger partial charge in [0.15, 0.2) is 0 Å². The molecule has 4 rings (SSSR count). The Morgan fingerprint density at radius 2 is 1.79 bits per heavy atom. The Morgan fingerprint density at radius 1 is 1.18 bits per heavy atom. The van der Waals surface area contributed by atoms with Gasteiger partial charge in [0.1, 0.15) is 23.8 Å². The third-order valence-electron chi connectivity index (χ3n) is 5.07. The van der Waals surface area contributed by atoms with E-state index in [0.717, 1.165) is 25.0 Å². The molecular formula is C22H31FIN3O6S. The van der Waals surface area contributed by atoms with Crippen molar-refractivity contribution in [1.82, 2.24) is 5.32 Å². The summed E-state index contributed by atoms with van der Waals surface area (Å²) in [6.07, 6.45) is 1.05. The summed E-state index contributed by atoms with van der Waals surface area (Å²) < 4.78 is 51.3. The summed E-state index contributed by atoms with van der Waals surface area (Å²) >= 11 is 0. The summed E-state index contributed by atoms with van der Waals surface area (Å²) in [6.45, 7) is 3.60. The summed E-state index contributed by atoms with van der Waals surface area (Å²) in [4.78, 5) is 21.7. The Bertz CT molecular complexity index is 1150. The van der Waals surface area contributed by atoms with E-state index < -0.39 is 27.5 Å². The van der Waals surface area contributed by atoms with Gasteiger partial charge in [0.2, 0.25) is 5.91 Å². The molecule has 0 bridgehead atoms. The van der Waals surface area contributed by atoms with E-state index >= 15 is 0 Å². The Balaban J connectivity index is 0.00000140. The lowest BCUT2D eigenvalue weighted by Gasteiger charge is -2.30. The molecule has 9 nitrogen and oxygen atoms in total. The predicted octanol–water partition coefficient (Wildman–Crippen LogP) is 4.38. The van der Waals surface area contributed by atoms with Crippen LogP contribution in [-0.4, -0.2) is 46.2 Å². The first-order valence-corrected chi connectivity index (χ1v) is 11.7. The van der Waals surface area contributed by atoms with E-state index in [1.807, 2.05) is 6.92 Å². The molecule has 12 heteroatoms. The predicted molar refractivity (Wildman–Crippen MR) is 140 cm³/mol. The third kappa shape index (κ3) is 6.95. The number of fused-ring (bicyclic) bond motifs is 1. The Morgan fingerprint density at radius 3 is 2.35 bits per heavy atom. The number of carbonyl (C=O) groups is 2. The lowest BCUT2D eigenvalue weighted by atomic mass is 10.2. The van der Waals surface area contributed by atoms with Crippen LogP contribution in [0.3, 0.4) is 0 Å². The number of halogens is 2. The number of amides is 2. The highest BCUT2D eigenvalue weighted by Crippen LogP contribution is 2.40. The summed E-state index contributed by atoms with van der Waals surface area (Å²) in [5, 5.41) is 5.01. The van der Waals surface area contributed by atoms with Gasteiger partial charge in [-0.3, -0.25) is 14.4 Å². The van der Waals surface area contributed by atoms with Crippen LogP contribution < -0.4 is 19.7 Å². The summed E-state index contributed by atoms with van der Waals surface area (Å²) in [5.74, 6) is -0.134. The average Bonchev–Trinajstić information content (AvgIpc) is 3.50. The maximum atomic E-state index is 13.2. The molecule has 34 heavy (non-hydrogen) atoms. The highest BCUT2D eigenvalue weighted by atomic mass is 127. The summed E-state index contributed by atoms with van der Waals surface area (Å²) in [5.41, 5.74) is 0.267. The second-order valence-corrected chi connectivity index (χ2v) is 9.69. The molecule has 2 aliphatic rings. The van der Waals surface area contributed by atoms with Crippen molar-refractivity contribution in [1.29, 1.82) is 0 Å². The van der Waals surface area contributed by atoms with Crippen LogP contribution in [-0.2, 0) is 19.6 Å². The SMILES string of the molecule is CC1(OC(=O)Nc2ccc3c(c2)N(S(=O)(=O)c2ccc(F)cc2)CCO3)CC1.CNC(C)=O.I.[HH].[HH]. The molecule has 0 spiro atoms. The minimum atomic E-state index is -3.91. The first-order valence-electron chi connectivity index (χ1n) is 10.3. The quantitative estimate of drug-likeness (QED) is 0.497. The van der Waals surface area contributed by atoms with Crippen molar-refractivity contribution < 1.29 is 34.7 Å². The highest BCUT2D eigenvalue weighted by Gasteiger charge is 2.41. The zero-order valence-corrected chi connectivity index (χ0v) is 22.1. The van der Waals surface area contributed by atoms with Gasteiger partial charge in [-0.15, -0.1) is 24.0 Å². The Hall–Kier alpha value is -2.61. The van der Waals surface area contributed by atoms with E-state index in [1.54, 1.807) is 19.2 Å². The molecule has 0 radical (unpaired) electrons. The van der Waals surface area contributed by atoms with Gasteiger partial charge in [-0.1, -0.05) is 0 Å². The fraction of sp³-hybridized carbons (Fsp3) is 0.364. The van der Waals surface area contributed by atoms with Crippen LogP contribution in [0, 0.1) is 5.82 Å². The van der Waals surface area contributed by atoms with Crippen LogP contribution in [0.1, 0.15) is 29.5 Å². The number of nitrogens with zero attached hydrogens (tertiary/aromatic N) is 1. The van der Waals surface area contributed by atoms with Crippen molar-refractivity contribution in [3.8, 4) is 5.75 Å². The normalized spacial score (nSPS) is 15.2. The van der Waals surface area contributed by atoms with Gasteiger partial charge in [-0.25, -0.2) is 17.6 Å². The van der Waals surface area contributed by atoms with E-state index in [0.29, 0.717) is 17.1 Å². The van der Waals surface area contributed by atoms with E-state index in [4.69, 9.17) is 9.47 Å². The minimum Gasteiger partial charge on any atom is -0.489 e. The monoisotopic (exact) mass is 611 g/mol. The zero-order valence-electron chi connectivity index (χ0n) is 19.0. The molecule has 2 aromatic carbocycles. The number of anilines is 2. The maximum Gasteiger partial charge on any atom is 0.412 e. The largest absolute Gasteiger partial charge is 0.489 e. The molecule has 0 saturated heterocycles. The van der Waals surface area contributed by atoms with Crippen LogP contribution in [0.5, 0.6) is 5.75 Å². The van der Waals surface area contributed by atoms with E-state index in [2.05, 4.69) is 10.6 Å². The van der Waals surface area contributed by atoms with Gasteiger partial charge in [-0.2, -0.15) is 0 Å². The van der Waals surface area contributed by atoms with Crippen molar-refractivity contribution >= 4 is 57.4 Å². The van der Waals surface area contributed by atoms with Gasteiger partial charge < -0.3 is 14.8 Å². The molecule has 1 aliphatic heterocycles. The van der Waals surface area contributed by atoms with Crippen LogP contribution in [0.25, 0.3) is 0 Å². The smallest absolute Gasteiger partial charge is 0.412 e. The molecule has 190 valence electrons. The number of nitrogens with one attached hydrogen (secondary N) is 2. The molecule has 1 fully saturated rings. The van der Waals surface area contributed by atoms with Crippen LogP contribution in [0.15, 0.2) is 47.4 Å². The van der Waals surface area contributed by atoms with Crippen molar-refractivity contribution in [2.24, 2.45) is 0 Å². The van der Waals surface area contributed by atoms with E-state index in [-0.39, 0.29) is 50.8 Å². The Kier molecular flexibility index (Phi) is 9.11. The average molecular weight is 611 g/mol. The Labute approximate surface area is 218 Å². The molecule has 1 heterocycles. The fourth-order valence-corrected chi connectivity index (χ4v) is 4.35. The first-order chi connectivity index (χ1) is 15.5. The maximum absolute atomic E-state index is 13.2. The number of hydrogen-bond acceptors (Lipinski definition) is 6. The molecule has 0 unspecified atom stereocenters.